The monoisotopic (exact) mass is 296 g/mol. The third-order valence-corrected chi connectivity index (χ3v) is 5.45. The first-order valence-electron chi connectivity index (χ1n) is 7.30. The molecule has 2 heteroatoms. The first-order chi connectivity index (χ1) is 7.86. The molecule has 2 aliphatic carbocycles. The van der Waals surface area contributed by atoms with Crippen molar-refractivity contribution in [3.05, 3.63) is 0 Å². The van der Waals surface area contributed by atoms with E-state index < -0.39 is 0 Å². The van der Waals surface area contributed by atoms with Crippen molar-refractivity contribution in [3.8, 4) is 0 Å². The Morgan fingerprint density at radius 2 is 1.00 bits per heavy atom. The summed E-state index contributed by atoms with van der Waals surface area (Å²) >= 11 is 0.312. The Labute approximate surface area is 112 Å². The zero-order valence-corrected chi connectivity index (χ0v) is 14.6. The van der Waals surface area contributed by atoms with E-state index in [1.807, 2.05) is 8.58 Å². The minimum absolute atomic E-state index is 0.312. The van der Waals surface area contributed by atoms with Crippen LogP contribution in [0, 0.1) is 0 Å². The van der Waals surface area contributed by atoms with Crippen LogP contribution in [-0.2, 0) is 0 Å². The summed E-state index contributed by atoms with van der Waals surface area (Å²) in [7, 11) is 1.84. The van der Waals surface area contributed by atoms with Crippen molar-refractivity contribution in [1.29, 1.82) is 0 Å². The molecule has 0 radical (unpaired) electrons. The van der Waals surface area contributed by atoms with Gasteiger partial charge < -0.3 is 8.58 Å². The van der Waals surface area contributed by atoms with E-state index in [0.717, 1.165) is 11.3 Å². The summed E-state index contributed by atoms with van der Waals surface area (Å²) in [6.07, 6.45) is 15.3. The normalized spacial score (nSPS) is 23.1. The van der Waals surface area contributed by atoms with Crippen LogP contribution in [0.25, 0.3) is 0 Å². The van der Waals surface area contributed by atoms with Gasteiger partial charge in [0.2, 0.25) is 0 Å². The van der Waals surface area contributed by atoms with Crippen LogP contribution in [0.2, 0.25) is 11.0 Å². The third-order valence-electron chi connectivity index (χ3n) is 3.57. The van der Waals surface area contributed by atoms with Gasteiger partial charge >= 0.3 is 28.4 Å². The van der Waals surface area contributed by atoms with Crippen molar-refractivity contribution < 1.29 is 0 Å². The van der Waals surface area contributed by atoms with Gasteiger partial charge in [0.15, 0.2) is 0 Å². The molecule has 0 N–H and O–H groups in total. The summed E-state index contributed by atoms with van der Waals surface area (Å²) in [5.74, 6) is 0. The Kier molecular flexibility index (Phi) is 9.48. The van der Waals surface area contributed by atoms with Crippen molar-refractivity contribution in [1.82, 2.24) is 0 Å². The maximum absolute atomic E-state index is 2.28. The van der Waals surface area contributed by atoms with Crippen LogP contribution < -0.4 is 0 Å². The van der Waals surface area contributed by atoms with Crippen molar-refractivity contribution in [2.45, 2.75) is 86.5 Å². The first-order valence-corrected chi connectivity index (χ1v) is 13.2. The second kappa shape index (κ2) is 10.0. The van der Waals surface area contributed by atoms with Gasteiger partial charge in [-0.1, -0.05) is 64.2 Å². The van der Waals surface area contributed by atoms with Gasteiger partial charge in [-0.25, -0.2) is 0 Å². The molecule has 0 spiro atoms. The number of rotatable bonds is 2. The predicted molar refractivity (Wildman–Crippen MR) is 78.1 cm³/mol. The van der Waals surface area contributed by atoms with Gasteiger partial charge in [-0.05, 0) is 0 Å². The van der Waals surface area contributed by atoms with Crippen LogP contribution in [-0.4, -0.2) is 28.7 Å². The van der Waals surface area contributed by atoms with Gasteiger partial charge in [0, 0.05) is 0 Å². The van der Waals surface area contributed by atoms with Crippen molar-refractivity contribution >= 4 is 26.0 Å². The molecule has 92 valence electrons. The van der Waals surface area contributed by atoms with E-state index in [4.69, 9.17) is 0 Å². The molecule has 0 aliphatic heterocycles. The molecule has 0 aromatic rings. The quantitative estimate of drug-likeness (QED) is 0.474. The summed E-state index contributed by atoms with van der Waals surface area (Å²) in [6, 6.07) is 0. The molecule has 0 bridgehead atoms. The van der Waals surface area contributed by atoms with E-state index in [1.54, 1.807) is 0 Å². The fourth-order valence-corrected chi connectivity index (χ4v) is 4.68. The summed E-state index contributed by atoms with van der Waals surface area (Å²) in [5, 5.41) is 0. The molecule has 16 heavy (non-hydrogen) atoms. The third kappa shape index (κ3) is 6.72. The van der Waals surface area contributed by atoms with Gasteiger partial charge in [0.1, 0.15) is 0 Å². The van der Waals surface area contributed by atoms with E-state index in [-0.39, 0.29) is 0 Å². The van der Waals surface area contributed by atoms with Crippen molar-refractivity contribution in [2.24, 2.45) is 0 Å². The zero-order valence-electron chi connectivity index (χ0n) is 11.3. The van der Waals surface area contributed by atoms with Crippen LogP contribution in [0.3, 0.4) is 0 Å². The molecule has 0 aromatic heterocycles. The van der Waals surface area contributed by atoms with Gasteiger partial charge in [-0.2, -0.15) is 11.3 Å². The standard InChI is InChI=1S/C12H22P.2CH3.Ga/c1-3-7-11(8-4-1)13-12-9-5-2-6-10-12;;;/h11-12H,1-10H2;2*1H3;/q-1;;;+1. The predicted octanol–water partition coefficient (Wildman–Crippen LogP) is 5.38. The van der Waals surface area contributed by atoms with E-state index >= 15 is 0 Å². The topological polar surface area (TPSA) is 0 Å². The van der Waals surface area contributed by atoms with Crippen molar-refractivity contribution in [3.63, 3.8) is 0 Å². The van der Waals surface area contributed by atoms with Gasteiger partial charge in [0.25, 0.3) is 0 Å². The Hall–Kier alpha value is 1.07. The van der Waals surface area contributed by atoms with E-state index in [9.17, 15) is 0 Å². The SMILES string of the molecule is C1CCC([P-]C2CCCCC2)CC1.[CH3][Ga+][CH3]. The summed E-state index contributed by atoms with van der Waals surface area (Å²) in [4.78, 5) is 0. The molecule has 0 atom stereocenters. The average Bonchev–Trinajstić information content (AvgIpc) is 2.33. The summed E-state index contributed by atoms with van der Waals surface area (Å²) in [5.41, 5.74) is 6.75. The molecule has 2 rings (SSSR count). The van der Waals surface area contributed by atoms with Gasteiger partial charge in [-0.15, -0.1) is 0 Å². The van der Waals surface area contributed by atoms with E-state index in [1.165, 1.54) is 64.2 Å². The van der Waals surface area contributed by atoms with Crippen molar-refractivity contribution in [2.75, 3.05) is 0 Å². The van der Waals surface area contributed by atoms with Gasteiger partial charge in [0.05, 0.1) is 0 Å². The second-order valence-electron chi connectivity index (χ2n) is 5.31. The summed E-state index contributed by atoms with van der Waals surface area (Å²) in [6.45, 7) is 0. The first kappa shape index (κ1) is 15.1. The van der Waals surface area contributed by atoms with E-state index in [2.05, 4.69) is 11.0 Å². The molecule has 2 fully saturated rings. The molecule has 2 saturated carbocycles. The average molecular weight is 297 g/mol. The van der Waals surface area contributed by atoms with Crippen LogP contribution in [0.1, 0.15) is 64.2 Å². The maximum atomic E-state index is 2.28. The second-order valence-corrected chi connectivity index (χ2v) is 9.49. The number of hydrogen-bond acceptors (Lipinski definition) is 0. The van der Waals surface area contributed by atoms with E-state index in [0.29, 0.717) is 17.4 Å². The molecule has 0 amide bonds. The molecule has 0 aromatic carbocycles. The Bertz CT molecular complexity index is 133. The van der Waals surface area contributed by atoms with Crippen LogP contribution in [0.15, 0.2) is 0 Å². The fourth-order valence-electron chi connectivity index (χ4n) is 2.76. The Morgan fingerprint density at radius 3 is 1.31 bits per heavy atom. The minimum atomic E-state index is 0.312. The molecule has 2 aliphatic rings. The zero-order chi connectivity index (χ0) is 11.6. The molecular formula is C14H28GaP. The van der Waals surface area contributed by atoms with Gasteiger partial charge in [-0.3, -0.25) is 0 Å². The Balaban J connectivity index is 0.000000386. The van der Waals surface area contributed by atoms with Crippen LogP contribution in [0.4, 0.5) is 0 Å². The molecule has 0 unspecified atom stereocenters. The molecule has 0 heterocycles. The number of hydrogen-bond donors (Lipinski definition) is 0. The molecule has 0 saturated heterocycles. The molecule has 0 nitrogen and oxygen atoms in total. The van der Waals surface area contributed by atoms with Crippen LogP contribution in [0.5, 0.6) is 0 Å². The fraction of sp³-hybridized carbons (Fsp3) is 1.00. The Morgan fingerprint density at radius 1 is 0.688 bits per heavy atom. The summed E-state index contributed by atoms with van der Waals surface area (Å²) < 4.78 is 0. The van der Waals surface area contributed by atoms with Crippen LogP contribution >= 0.6 is 8.58 Å². The molecular weight excluding hydrogens is 269 g/mol.